The van der Waals surface area contributed by atoms with Gasteiger partial charge in [0.15, 0.2) is 0 Å². The predicted octanol–water partition coefficient (Wildman–Crippen LogP) is 2.03. The molecule has 84 valence electrons. The van der Waals surface area contributed by atoms with Crippen molar-refractivity contribution >= 4 is 21.7 Å². The van der Waals surface area contributed by atoms with Crippen LogP contribution >= 0.6 is 15.9 Å². The van der Waals surface area contributed by atoms with Crippen molar-refractivity contribution < 1.29 is 0 Å². The van der Waals surface area contributed by atoms with E-state index in [1.807, 2.05) is 0 Å². The van der Waals surface area contributed by atoms with E-state index in [9.17, 15) is 0 Å². The number of aromatic nitrogens is 2. The maximum Gasteiger partial charge on any atom is 0.143 e. The largest absolute Gasteiger partial charge is 0.369 e. The molecular formula is C10H17BrN4. The zero-order valence-electron chi connectivity index (χ0n) is 8.91. The molecule has 0 aromatic carbocycles. The smallest absolute Gasteiger partial charge is 0.143 e. The normalized spacial score (nSPS) is 12.5. The first-order chi connectivity index (χ1) is 7.27. The number of nitrogens with zero attached hydrogens (tertiary/aromatic N) is 2. The fourth-order valence-electron chi connectivity index (χ4n) is 1.37. The van der Waals surface area contributed by atoms with Gasteiger partial charge in [-0.15, -0.1) is 0 Å². The molecule has 1 aromatic heterocycles. The SMILES string of the molecule is CCC(CCN)CNc1ncncc1Br. The number of hydrogen-bond acceptors (Lipinski definition) is 4. The minimum atomic E-state index is 0.608. The van der Waals surface area contributed by atoms with E-state index < -0.39 is 0 Å². The fourth-order valence-corrected chi connectivity index (χ4v) is 1.73. The van der Waals surface area contributed by atoms with Gasteiger partial charge in [0.1, 0.15) is 12.1 Å². The van der Waals surface area contributed by atoms with Crippen LogP contribution in [0.5, 0.6) is 0 Å². The Hall–Kier alpha value is -0.680. The summed E-state index contributed by atoms with van der Waals surface area (Å²) in [5.74, 6) is 1.46. The van der Waals surface area contributed by atoms with Crippen LogP contribution in [0.4, 0.5) is 5.82 Å². The van der Waals surface area contributed by atoms with Gasteiger partial charge in [-0.05, 0) is 34.8 Å². The summed E-state index contributed by atoms with van der Waals surface area (Å²) in [6.07, 6.45) is 5.45. The summed E-state index contributed by atoms with van der Waals surface area (Å²) in [6.45, 7) is 3.82. The Labute approximate surface area is 98.8 Å². The van der Waals surface area contributed by atoms with Crippen molar-refractivity contribution in [2.75, 3.05) is 18.4 Å². The molecule has 4 nitrogen and oxygen atoms in total. The van der Waals surface area contributed by atoms with Crippen LogP contribution in [0.3, 0.4) is 0 Å². The monoisotopic (exact) mass is 272 g/mol. The standard InChI is InChI=1S/C10H17BrN4/c1-2-8(3-4-12)5-14-10-9(11)6-13-7-15-10/h6-8H,2-5,12H2,1H3,(H,13,14,15). The number of nitrogens with two attached hydrogens (primary N) is 1. The number of rotatable bonds is 6. The lowest BCUT2D eigenvalue weighted by Crippen LogP contribution is -2.18. The molecule has 1 unspecified atom stereocenters. The molecule has 0 spiro atoms. The lowest BCUT2D eigenvalue weighted by Gasteiger charge is -2.15. The molecule has 1 heterocycles. The lowest BCUT2D eigenvalue weighted by atomic mass is 10.0. The Bertz CT molecular complexity index is 293. The summed E-state index contributed by atoms with van der Waals surface area (Å²) in [6, 6.07) is 0. The maximum absolute atomic E-state index is 5.54. The predicted molar refractivity (Wildman–Crippen MR) is 65.7 cm³/mol. The van der Waals surface area contributed by atoms with Crippen molar-refractivity contribution in [3.63, 3.8) is 0 Å². The molecule has 0 aliphatic rings. The Morgan fingerprint density at radius 2 is 2.40 bits per heavy atom. The third-order valence-electron chi connectivity index (χ3n) is 2.38. The van der Waals surface area contributed by atoms with Crippen LogP contribution < -0.4 is 11.1 Å². The van der Waals surface area contributed by atoms with Crippen molar-refractivity contribution in [3.05, 3.63) is 17.0 Å². The van der Waals surface area contributed by atoms with E-state index in [4.69, 9.17) is 5.73 Å². The molecule has 3 N–H and O–H groups in total. The first-order valence-electron chi connectivity index (χ1n) is 5.17. The molecular weight excluding hydrogens is 256 g/mol. The summed E-state index contributed by atoms with van der Waals surface area (Å²) < 4.78 is 0.896. The molecule has 1 aromatic rings. The molecule has 0 saturated carbocycles. The van der Waals surface area contributed by atoms with Gasteiger partial charge < -0.3 is 11.1 Å². The zero-order valence-corrected chi connectivity index (χ0v) is 10.5. The summed E-state index contributed by atoms with van der Waals surface area (Å²) >= 11 is 3.40. The van der Waals surface area contributed by atoms with Crippen molar-refractivity contribution in [2.24, 2.45) is 11.7 Å². The third-order valence-corrected chi connectivity index (χ3v) is 2.96. The first-order valence-corrected chi connectivity index (χ1v) is 5.96. The molecule has 5 heteroatoms. The fraction of sp³-hybridized carbons (Fsp3) is 0.600. The van der Waals surface area contributed by atoms with E-state index in [0.29, 0.717) is 5.92 Å². The molecule has 0 aliphatic heterocycles. The van der Waals surface area contributed by atoms with E-state index in [0.717, 1.165) is 36.2 Å². The topological polar surface area (TPSA) is 63.8 Å². The van der Waals surface area contributed by atoms with Gasteiger partial charge in [-0.3, -0.25) is 0 Å². The van der Waals surface area contributed by atoms with Gasteiger partial charge in [0, 0.05) is 12.7 Å². The van der Waals surface area contributed by atoms with Crippen LogP contribution in [0.25, 0.3) is 0 Å². The van der Waals surface area contributed by atoms with Crippen LogP contribution in [-0.2, 0) is 0 Å². The molecule has 0 bridgehead atoms. The molecule has 0 radical (unpaired) electrons. The van der Waals surface area contributed by atoms with Crippen LogP contribution in [0.2, 0.25) is 0 Å². The highest BCUT2D eigenvalue weighted by Crippen LogP contribution is 2.18. The van der Waals surface area contributed by atoms with E-state index in [1.165, 1.54) is 6.33 Å². The number of nitrogens with one attached hydrogen (secondary N) is 1. The highest BCUT2D eigenvalue weighted by atomic mass is 79.9. The Morgan fingerprint density at radius 3 is 3.00 bits per heavy atom. The van der Waals surface area contributed by atoms with Crippen LogP contribution in [0.1, 0.15) is 19.8 Å². The van der Waals surface area contributed by atoms with Gasteiger partial charge in [0.2, 0.25) is 0 Å². The second-order valence-electron chi connectivity index (χ2n) is 3.45. The Morgan fingerprint density at radius 1 is 1.60 bits per heavy atom. The van der Waals surface area contributed by atoms with E-state index in [-0.39, 0.29) is 0 Å². The summed E-state index contributed by atoms with van der Waals surface area (Å²) in [7, 11) is 0. The Balaban J connectivity index is 2.45. The van der Waals surface area contributed by atoms with Gasteiger partial charge >= 0.3 is 0 Å². The van der Waals surface area contributed by atoms with Crippen LogP contribution in [0.15, 0.2) is 17.0 Å². The van der Waals surface area contributed by atoms with E-state index in [1.54, 1.807) is 6.20 Å². The Kier molecular flexibility index (Phi) is 5.57. The highest BCUT2D eigenvalue weighted by molar-refractivity contribution is 9.10. The first kappa shape index (κ1) is 12.4. The minimum Gasteiger partial charge on any atom is -0.369 e. The zero-order chi connectivity index (χ0) is 11.1. The second-order valence-corrected chi connectivity index (χ2v) is 4.31. The molecule has 1 rings (SSSR count). The molecule has 15 heavy (non-hydrogen) atoms. The van der Waals surface area contributed by atoms with Crippen LogP contribution in [-0.4, -0.2) is 23.1 Å². The van der Waals surface area contributed by atoms with Crippen molar-refractivity contribution in [3.8, 4) is 0 Å². The quantitative estimate of drug-likeness (QED) is 0.832. The molecule has 1 atom stereocenters. The third kappa shape index (κ3) is 4.13. The number of halogens is 1. The van der Waals surface area contributed by atoms with Crippen molar-refractivity contribution in [2.45, 2.75) is 19.8 Å². The highest BCUT2D eigenvalue weighted by Gasteiger charge is 2.06. The number of hydrogen-bond donors (Lipinski definition) is 2. The van der Waals surface area contributed by atoms with Crippen molar-refractivity contribution in [1.29, 1.82) is 0 Å². The van der Waals surface area contributed by atoms with Crippen LogP contribution in [0, 0.1) is 5.92 Å². The van der Waals surface area contributed by atoms with E-state index in [2.05, 4.69) is 38.1 Å². The molecule has 0 saturated heterocycles. The maximum atomic E-state index is 5.54. The van der Waals surface area contributed by atoms with Gasteiger partial charge in [-0.25, -0.2) is 9.97 Å². The summed E-state index contributed by atoms with van der Waals surface area (Å²) in [5.41, 5.74) is 5.54. The molecule has 0 amide bonds. The van der Waals surface area contributed by atoms with Gasteiger partial charge in [0.05, 0.1) is 4.47 Å². The van der Waals surface area contributed by atoms with Gasteiger partial charge in [0.25, 0.3) is 0 Å². The summed E-state index contributed by atoms with van der Waals surface area (Å²) in [4.78, 5) is 8.05. The van der Waals surface area contributed by atoms with Gasteiger partial charge in [-0.1, -0.05) is 13.3 Å². The average molecular weight is 273 g/mol. The lowest BCUT2D eigenvalue weighted by molar-refractivity contribution is 0.501. The van der Waals surface area contributed by atoms with E-state index >= 15 is 0 Å². The summed E-state index contributed by atoms with van der Waals surface area (Å²) in [5, 5.41) is 3.30. The minimum absolute atomic E-state index is 0.608. The second kappa shape index (κ2) is 6.74. The molecule has 0 fully saturated rings. The van der Waals surface area contributed by atoms with Gasteiger partial charge in [-0.2, -0.15) is 0 Å². The van der Waals surface area contributed by atoms with Crippen molar-refractivity contribution in [1.82, 2.24) is 9.97 Å². The average Bonchev–Trinajstić information content (AvgIpc) is 2.26. The molecule has 0 aliphatic carbocycles. The number of anilines is 1.